The van der Waals surface area contributed by atoms with E-state index >= 15 is 0 Å². The standard InChI is InChI=1S/C32H26Cl2N2O6/c1-18-6-8-21(9-7-18)32(41)42-23-13-10-20(11-14-23)27(37)17-35(29(38)24-15-12-22(33)16-26(24)34)36-30(39)25-5-3-4-19(2)28(25)31(36)40/h3-4,6-16,19,25,28H,5,17H2,1-2H3/t19-,25-,28+/m1/s1. The number of carbonyl (C=O) groups is 5. The maximum atomic E-state index is 13.8. The molecule has 3 atom stereocenters. The van der Waals surface area contributed by atoms with Gasteiger partial charge in [0, 0.05) is 10.6 Å². The van der Waals surface area contributed by atoms with E-state index in [1.807, 2.05) is 26.0 Å². The number of ketones is 1. The van der Waals surface area contributed by atoms with E-state index in [4.69, 9.17) is 27.9 Å². The van der Waals surface area contributed by atoms with Gasteiger partial charge < -0.3 is 4.74 Å². The largest absolute Gasteiger partial charge is 0.423 e. The molecule has 0 aromatic heterocycles. The molecule has 5 rings (SSSR count). The molecule has 3 aromatic carbocycles. The summed E-state index contributed by atoms with van der Waals surface area (Å²) in [5.41, 5.74) is 1.54. The highest BCUT2D eigenvalue weighted by Gasteiger charge is 2.53. The van der Waals surface area contributed by atoms with Crippen molar-refractivity contribution in [1.29, 1.82) is 0 Å². The van der Waals surface area contributed by atoms with Crippen LogP contribution in [0.4, 0.5) is 0 Å². The van der Waals surface area contributed by atoms with Crippen molar-refractivity contribution in [1.82, 2.24) is 10.0 Å². The molecule has 42 heavy (non-hydrogen) atoms. The van der Waals surface area contributed by atoms with E-state index in [0.717, 1.165) is 15.6 Å². The molecule has 0 bridgehead atoms. The van der Waals surface area contributed by atoms with Gasteiger partial charge in [-0.05, 0) is 73.9 Å². The molecule has 1 fully saturated rings. The number of nitrogens with zero attached hydrogens (tertiary/aromatic N) is 2. The minimum atomic E-state index is -0.797. The third kappa shape index (κ3) is 5.73. The third-order valence-electron chi connectivity index (χ3n) is 7.45. The lowest BCUT2D eigenvalue weighted by Crippen LogP contribution is -2.52. The lowest BCUT2D eigenvalue weighted by atomic mass is 9.78. The molecule has 214 valence electrons. The molecule has 1 aliphatic carbocycles. The zero-order valence-electron chi connectivity index (χ0n) is 22.8. The van der Waals surface area contributed by atoms with E-state index < -0.39 is 47.9 Å². The third-order valence-corrected chi connectivity index (χ3v) is 8.00. The molecular weight excluding hydrogens is 579 g/mol. The van der Waals surface area contributed by atoms with Crippen LogP contribution in [0, 0.1) is 24.7 Å². The van der Waals surface area contributed by atoms with Gasteiger partial charge in [0.05, 0.1) is 28.0 Å². The Kier molecular flexibility index (Phi) is 8.29. The Hall–Kier alpha value is -4.27. The number of ether oxygens (including phenoxy) is 1. The highest BCUT2D eigenvalue weighted by molar-refractivity contribution is 6.36. The van der Waals surface area contributed by atoms with Gasteiger partial charge >= 0.3 is 5.97 Å². The predicted molar refractivity (Wildman–Crippen MR) is 156 cm³/mol. The molecule has 3 amide bonds. The SMILES string of the molecule is Cc1ccc(C(=O)Oc2ccc(C(=O)CN(C(=O)c3ccc(Cl)cc3Cl)N3C(=O)[C@H]4[C@H](C)C=CC[C@H]4C3=O)cc2)cc1. The first kappa shape index (κ1) is 29.2. The number of carbonyl (C=O) groups excluding carboxylic acids is 5. The summed E-state index contributed by atoms with van der Waals surface area (Å²) < 4.78 is 5.40. The number of halogens is 2. The number of allylic oxidation sites excluding steroid dienone is 2. The molecule has 3 aromatic rings. The number of hydrazine groups is 1. The molecule has 0 saturated carbocycles. The van der Waals surface area contributed by atoms with Gasteiger partial charge in [-0.2, -0.15) is 5.01 Å². The first-order chi connectivity index (χ1) is 20.0. The fourth-order valence-electron chi connectivity index (χ4n) is 5.20. The highest BCUT2D eigenvalue weighted by Crippen LogP contribution is 2.39. The Morgan fingerprint density at radius 2 is 1.60 bits per heavy atom. The maximum absolute atomic E-state index is 13.8. The van der Waals surface area contributed by atoms with Crippen LogP contribution >= 0.6 is 23.2 Å². The van der Waals surface area contributed by atoms with Crippen molar-refractivity contribution in [2.24, 2.45) is 17.8 Å². The molecule has 1 heterocycles. The van der Waals surface area contributed by atoms with Crippen molar-refractivity contribution in [3.63, 3.8) is 0 Å². The van der Waals surface area contributed by atoms with Crippen LogP contribution in [0.25, 0.3) is 0 Å². The van der Waals surface area contributed by atoms with Crippen molar-refractivity contribution < 1.29 is 28.7 Å². The second kappa shape index (κ2) is 11.9. The Bertz CT molecular complexity index is 1620. The van der Waals surface area contributed by atoms with Crippen LogP contribution in [0.2, 0.25) is 10.0 Å². The van der Waals surface area contributed by atoms with Gasteiger partial charge in [-0.25, -0.2) is 9.80 Å². The molecule has 0 unspecified atom stereocenters. The molecule has 0 radical (unpaired) electrons. The summed E-state index contributed by atoms with van der Waals surface area (Å²) in [5, 5.41) is 1.96. The normalized spacial score (nSPS) is 19.4. The average molecular weight is 605 g/mol. The Morgan fingerprint density at radius 1 is 0.929 bits per heavy atom. The minimum Gasteiger partial charge on any atom is -0.423 e. The van der Waals surface area contributed by atoms with Gasteiger partial charge in [-0.15, -0.1) is 0 Å². The number of benzene rings is 3. The summed E-state index contributed by atoms with van der Waals surface area (Å²) in [6, 6.07) is 16.9. The average Bonchev–Trinajstić information content (AvgIpc) is 3.22. The Labute approximate surface area is 252 Å². The van der Waals surface area contributed by atoms with Gasteiger partial charge in [0.15, 0.2) is 5.78 Å². The number of amides is 3. The van der Waals surface area contributed by atoms with Crippen molar-refractivity contribution in [2.75, 3.05) is 6.54 Å². The van der Waals surface area contributed by atoms with Crippen LogP contribution in [0.1, 0.15) is 50.0 Å². The number of rotatable bonds is 7. The van der Waals surface area contributed by atoms with Crippen molar-refractivity contribution in [3.05, 3.63) is 111 Å². The summed E-state index contributed by atoms with van der Waals surface area (Å²) in [6.07, 6.45) is 4.08. The van der Waals surface area contributed by atoms with Gasteiger partial charge in [0.1, 0.15) is 12.3 Å². The Morgan fingerprint density at radius 3 is 2.24 bits per heavy atom. The van der Waals surface area contributed by atoms with Crippen LogP contribution < -0.4 is 4.74 Å². The van der Waals surface area contributed by atoms with Crippen LogP contribution in [0.3, 0.4) is 0 Å². The molecule has 0 N–H and O–H groups in total. The number of Topliss-reactive ketones (excluding diaryl/α,β-unsaturated/α-hetero) is 1. The monoisotopic (exact) mass is 604 g/mol. The van der Waals surface area contributed by atoms with Crippen LogP contribution in [-0.2, 0) is 9.59 Å². The number of hydrogen-bond acceptors (Lipinski definition) is 6. The number of hydrogen-bond donors (Lipinski definition) is 0. The number of esters is 1. The van der Waals surface area contributed by atoms with E-state index in [1.54, 1.807) is 24.3 Å². The van der Waals surface area contributed by atoms with Gasteiger partial charge in [0.25, 0.3) is 17.7 Å². The quantitative estimate of drug-likeness (QED) is 0.108. The van der Waals surface area contributed by atoms with E-state index in [9.17, 15) is 24.0 Å². The smallest absolute Gasteiger partial charge is 0.343 e. The molecule has 2 aliphatic rings. The summed E-state index contributed by atoms with van der Waals surface area (Å²) in [7, 11) is 0. The maximum Gasteiger partial charge on any atom is 0.343 e. The Balaban J connectivity index is 1.40. The number of fused-ring (bicyclic) bond motifs is 1. The van der Waals surface area contributed by atoms with Gasteiger partial charge in [-0.3, -0.25) is 19.2 Å². The summed E-state index contributed by atoms with van der Waals surface area (Å²) in [4.78, 5) is 66.7. The molecular formula is C32H26Cl2N2O6. The van der Waals surface area contributed by atoms with Crippen LogP contribution in [0.15, 0.2) is 78.9 Å². The van der Waals surface area contributed by atoms with Crippen molar-refractivity contribution in [2.45, 2.75) is 20.3 Å². The van der Waals surface area contributed by atoms with E-state index in [-0.39, 0.29) is 27.8 Å². The van der Waals surface area contributed by atoms with Crippen LogP contribution in [-0.4, -0.2) is 46.0 Å². The van der Waals surface area contributed by atoms with Crippen LogP contribution in [0.5, 0.6) is 5.75 Å². The molecule has 0 spiro atoms. The van der Waals surface area contributed by atoms with Gasteiger partial charge in [0.2, 0.25) is 0 Å². The zero-order valence-corrected chi connectivity index (χ0v) is 24.3. The van der Waals surface area contributed by atoms with Crippen molar-refractivity contribution in [3.8, 4) is 5.75 Å². The minimum absolute atomic E-state index is 0.0104. The number of imide groups is 1. The lowest BCUT2D eigenvalue weighted by molar-refractivity contribution is -0.154. The van der Waals surface area contributed by atoms with Crippen molar-refractivity contribution >= 4 is 52.7 Å². The zero-order chi connectivity index (χ0) is 30.1. The second-order valence-electron chi connectivity index (χ2n) is 10.3. The topological polar surface area (TPSA) is 101 Å². The number of aryl methyl sites for hydroxylation is 1. The summed E-state index contributed by atoms with van der Waals surface area (Å²) in [5.74, 6) is -4.27. The second-order valence-corrected chi connectivity index (χ2v) is 11.2. The predicted octanol–water partition coefficient (Wildman–Crippen LogP) is 5.96. The van der Waals surface area contributed by atoms with E-state index in [0.29, 0.717) is 17.0 Å². The first-order valence-corrected chi connectivity index (χ1v) is 14.0. The lowest BCUT2D eigenvalue weighted by Gasteiger charge is -2.30. The van der Waals surface area contributed by atoms with Gasteiger partial charge in [-0.1, -0.05) is 60.0 Å². The highest BCUT2D eigenvalue weighted by atomic mass is 35.5. The van der Waals surface area contributed by atoms with E-state index in [1.165, 1.54) is 42.5 Å². The molecule has 1 aliphatic heterocycles. The fraction of sp³-hybridized carbons (Fsp3) is 0.219. The molecule has 10 heteroatoms. The summed E-state index contributed by atoms with van der Waals surface area (Å²) in [6.45, 7) is 3.13. The molecule has 8 nitrogen and oxygen atoms in total. The van der Waals surface area contributed by atoms with E-state index in [2.05, 4.69) is 0 Å². The summed E-state index contributed by atoms with van der Waals surface area (Å²) >= 11 is 12.3. The fourth-order valence-corrected chi connectivity index (χ4v) is 5.69. The first-order valence-electron chi connectivity index (χ1n) is 13.3. The molecule has 1 saturated heterocycles.